The maximum absolute atomic E-state index is 11.4. The minimum Gasteiger partial charge on any atom is -0.299 e. The van der Waals surface area contributed by atoms with Gasteiger partial charge in [0.05, 0.1) is 11.8 Å². The van der Waals surface area contributed by atoms with Gasteiger partial charge >= 0.3 is 0 Å². The molecule has 0 spiro atoms. The molecule has 0 aromatic heterocycles. The van der Waals surface area contributed by atoms with Gasteiger partial charge in [-0.05, 0) is 26.6 Å². The number of carbonyl (C=O) groups excluding carboxylic acids is 1. The van der Waals surface area contributed by atoms with Crippen LogP contribution in [-0.2, 0) is 14.9 Å². The minimum atomic E-state index is -4.15. The fraction of sp³-hybridized carbons (Fsp3) is 0.625. The van der Waals surface area contributed by atoms with Gasteiger partial charge in [-0.1, -0.05) is 6.58 Å². The molecule has 0 amide bonds. The number of ketones is 1. The molecule has 0 bridgehead atoms. The highest BCUT2D eigenvalue weighted by molar-refractivity contribution is 7.85. The van der Waals surface area contributed by atoms with Crippen LogP contribution in [0.2, 0.25) is 0 Å². The summed E-state index contributed by atoms with van der Waals surface area (Å²) in [6.45, 7) is 4.94. The third kappa shape index (κ3) is 4.50. The Morgan fingerprint density at radius 3 is 2.14 bits per heavy atom. The molecule has 0 aromatic rings. The van der Waals surface area contributed by atoms with Crippen LogP contribution in [0.25, 0.3) is 0 Å². The van der Waals surface area contributed by atoms with Crippen LogP contribution in [0.4, 0.5) is 0 Å². The average Bonchev–Trinajstić information content (AvgIpc) is 1.96. The van der Waals surface area contributed by atoms with E-state index < -0.39 is 21.9 Å². The molecular weight excluding hydrogens is 206 g/mol. The first kappa shape index (κ1) is 13.3. The molecule has 1 N–H and O–H groups in total. The topological polar surface area (TPSA) is 74.7 Å². The second kappa shape index (κ2) is 4.68. The summed E-state index contributed by atoms with van der Waals surface area (Å²) in [7, 11) is -1.02. The van der Waals surface area contributed by atoms with Crippen LogP contribution in [0.1, 0.15) is 6.92 Å². The maximum atomic E-state index is 11.4. The molecule has 6 heteroatoms. The van der Waals surface area contributed by atoms with E-state index in [0.717, 1.165) is 0 Å². The molecular formula is C8H15NO4S. The largest absolute Gasteiger partial charge is 0.299 e. The highest BCUT2D eigenvalue weighted by atomic mass is 32.2. The number of likely N-dealkylation sites (N-methyl/N-ethyl adjacent to an activating group) is 1. The van der Waals surface area contributed by atoms with Crippen LogP contribution < -0.4 is 0 Å². The van der Waals surface area contributed by atoms with Gasteiger partial charge < -0.3 is 0 Å². The Morgan fingerprint density at radius 2 is 1.93 bits per heavy atom. The zero-order valence-electron chi connectivity index (χ0n) is 8.52. The van der Waals surface area contributed by atoms with Crippen molar-refractivity contribution in [2.24, 2.45) is 0 Å². The minimum absolute atomic E-state index is 0.271. The molecule has 0 aliphatic heterocycles. The number of rotatable bonds is 5. The van der Waals surface area contributed by atoms with E-state index in [4.69, 9.17) is 4.55 Å². The van der Waals surface area contributed by atoms with Gasteiger partial charge in [-0.3, -0.25) is 14.2 Å². The van der Waals surface area contributed by atoms with Crippen molar-refractivity contribution in [3.63, 3.8) is 0 Å². The second-order valence-corrected chi connectivity index (χ2v) is 4.87. The Kier molecular flexibility index (Phi) is 4.44. The SMILES string of the molecule is C=C(C)C(=O)C(CS(=O)(=O)O)N(C)C. The van der Waals surface area contributed by atoms with E-state index in [1.807, 2.05) is 0 Å². The standard InChI is InChI=1S/C8H15NO4S/c1-6(2)8(10)7(9(3)4)5-14(11,12)13/h7H,1,5H2,2-4H3,(H,11,12,13). The van der Waals surface area contributed by atoms with Gasteiger partial charge in [-0.15, -0.1) is 0 Å². The van der Waals surface area contributed by atoms with Crippen molar-refractivity contribution in [2.75, 3.05) is 19.8 Å². The molecule has 14 heavy (non-hydrogen) atoms. The quantitative estimate of drug-likeness (QED) is 0.520. The fourth-order valence-electron chi connectivity index (χ4n) is 0.943. The molecule has 0 fully saturated rings. The number of hydrogen-bond donors (Lipinski definition) is 1. The molecule has 0 aliphatic rings. The summed E-state index contributed by atoms with van der Waals surface area (Å²) in [4.78, 5) is 12.9. The van der Waals surface area contributed by atoms with Crippen LogP contribution in [0.5, 0.6) is 0 Å². The lowest BCUT2D eigenvalue weighted by molar-refractivity contribution is -0.119. The van der Waals surface area contributed by atoms with E-state index in [2.05, 4.69) is 6.58 Å². The van der Waals surface area contributed by atoms with Gasteiger partial charge in [-0.25, -0.2) is 0 Å². The predicted octanol–water partition coefficient (Wildman–Crippen LogP) is -0.0504. The monoisotopic (exact) mass is 221 g/mol. The lowest BCUT2D eigenvalue weighted by Gasteiger charge is -2.21. The molecule has 82 valence electrons. The third-order valence-electron chi connectivity index (χ3n) is 1.72. The molecule has 5 nitrogen and oxygen atoms in total. The van der Waals surface area contributed by atoms with Gasteiger partial charge in [-0.2, -0.15) is 8.42 Å². The van der Waals surface area contributed by atoms with Crippen molar-refractivity contribution in [3.8, 4) is 0 Å². The maximum Gasteiger partial charge on any atom is 0.266 e. The lowest BCUT2D eigenvalue weighted by Crippen LogP contribution is -2.41. The first-order chi connectivity index (χ1) is 6.15. The van der Waals surface area contributed by atoms with Crippen molar-refractivity contribution in [1.82, 2.24) is 4.90 Å². The van der Waals surface area contributed by atoms with Gasteiger partial charge in [0.2, 0.25) is 0 Å². The molecule has 0 radical (unpaired) electrons. The summed E-state index contributed by atoms with van der Waals surface area (Å²) in [5, 5.41) is 0. The van der Waals surface area contributed by atoms with E-state index in [-0.39, 0.29) is 11.4 Å². The number of carbonyl (C=O) groups is 1. The van der Waals surface area contributed by atoms with E-state index in [1.54, 1.807) is 14.1 Å². The number of hydrogen-bond acceptors (Lipinski definition) is 4. The lowest BCUT2D eigenvalue weighted by atomic mass is 10.1. The van der Waals surface area contributed by atoms with Crippen molar-refractivity contribution in [3.05, 3.63) is 12.2 Å². The number of Topliss-reactive ketones (excluding diaryl/α,β-unsaturated/α-hetero) is 1. The highest BCUT2D eigenvalue weighted by Gasteiger charge is 2.26. The Labute approximate surface area is 84.2 Å². The smallest absolute Gasteiger partial charge is 0.266 e. The summed E-state index contributed by atoms with van der Waals surface area (Å²) in [6.07, 6.45) is 0. The zero-order valence-corrected chi connectivity index (χ0v) is 9.34. The summed E-state index contributed by atoms with van der Waals surface area (Å²) >= 11 is 0. The normalized spacial score (nSPS) is 14.1. The van der Waals surface area contributed by atoms with Gasteiger partial charge in [0, 0.05) is 0 Å². The van der Waals surface area contributed by atoms with Crippen LogP contribution >= 0.6 is 0 Å². The molecule has 0 saturated heterocycles. The van der Waals surface area contributed by atoms with Crippen LogP contribution in [0.3, 0.4) is 0 Å². The molecule has 0 heterocycles. The van der Waals surface area contributed by atoms with E-state index >= 15 is 0 Å². The predicted molar refractivity (Wildman–Crippen MR) is 53.7 cm³/mol. The third-order valence-corrected chi connectivity index (χ3v) is 2.45. The average molecular weight is 221 g/mol. The van der Waals surface area contributed by atoms with Crippen LogP contribution in [0.15, 0.2) is 12.2 Å². The van der Waals surface area contributed by atoms with Crippen molar-refractivity contribution in [1.29, 1.82) is 0 Å². The van der Waals surface area contributed by atoms with Gasteiger partial charge in [0.1, 0.15) is 0 Å². The Hall–Kier alpha value is -0.720. The Bertz CT molecular complexity index is 331. The van der Waals surface area contributed by atoms with Crippen molar-refractivity contribution >= 4 is 15.9 Å². The van der Waals surface area contributed by atoms with E-state index in [0.29, 0.717) is 0 Å². The Morgan fingerprint density at radius 1 is 1.50 bits per heavy atom. The molecule has 0 rings (SSSR count). The Balaban J connectivity index is 4.80. The van der Waals surface area contributed by atoms with Crippen LogP contribution in [0, 0.1) is 0 Å². The zero-order chi connectivity index (χ0) is 11.5. The van der Waals surface area contributed by atoms with Gasteiger partial charge in [0.25, 0.3) is 10.1 Å². The molecule has 0 aliphatic carbocycles. The molecule has 0 saturated carbocycles. The molecule has 0 aromatic carbocycles. The number of nitrogens with zero attached hydrogens (tertiary/aromatic N) is 1. The van der Waals surface area contributed by atoms with Crippen molar-refractivity contribution in [2.45, 2.75) is 13.0 Å². The van der Waals surface area contributed by atoms with Crippen molar-refractivity contribution < 1.29 is 17.8 Å². The summed E-state index contributed by atoms with van der Waals surface area (Å²) in [6, 6.07) is -0.873. The fourth-order valence-corrected chi connectivity index (χ4v) is 1.79. The van der Waals surface area contributed by atoms with E-state index in [9.17, 15) is 13.2 Å². The summed E-state index contributed by atoms with van der Waals surface area (Å²) in [5.41, 5.74) is 0.271. The molecule has 1 atom stereocenters. The second-order valence-electron chi connectivity index (χ2n) is 3.37. The highest BCUT2D eigenvalue weighted by Crippen LogP contribution is 2.05. The first-order valence-electron chi connectivity index (χ1n) is 3.96. The molecule has 1 unspecified atom stereocenters. The van der Waals surface area contributed by atoms with E-state index in [1.165, 1.54) is 11.8 Å². The first-order valence-corrected chi connectivity index (χ1v) is 5.57. The summed E-state index contributed by atoms with van der Waals surface area (Å²) in [5.74, 6) is -0.987. The summed E-state index contributed by atoms with van der Waals surface area (Å²) < 4.78 is 29.9. The van der Waals surface area contributed by atoms with Gasteiger partial charge in [0.15, 0.2) is 5.78 Å². The van der Waals surface area contributed by atoms with Crippen LogP contribution in [-0.4, -0.2) is 49.5 Å².